The van der Waals surface area contributed by atoms with Crippen LogP contribution in [0, 0.1) is 11.6 Å². The van der Waals surface area contributed by atoms with E-state index in [1.54, 1.807) is 0 Å². The average molecular weight is 350 g/mol. The zero-order valence-corrected chi connectivity index (χ0v) is 12.7. The average Bonchev–Trinajstić information content (AvgIpc) is 2.47. The Kier molecular flexibility index (Phi) is 5.89. The summed E-state index contributed by atoms with van der Waals surface area (Å²) in [5.41, 5.74) is 0.106. The Bertz CT molecular complexity index is 451. The fraction of sp³-hybridized carbons (Fsp3) is 0.571. The van der Waals surface area contributed by atoms with Crippen LogP contribution in [0.5, 0.6) is 0 Å². The molecule has 0 unspecified atom stereocenters. The lowest BCUT2D eigenvalue weighted by Gasteiger charge is -2.32. The van der Waals surface area contributed by atoms with Gasteiger partial charge in [0.25, 0.3) is 0 Å². The third kappa shape index (κ3) is 3.97. The van der Waals surface area contributed by atoms with E-state index in [4.69, 9.17) is 9.84 Å². The van der Waals surface area contributed by atoms with Crippen LogP contribution in [0.2, 0.25) is 0 Å². The first-order chi connectivity index (χ1) is 9.61. The van der Waals surface area contributed by atoms with Crippen LogP contribution in [0.25, 0.3) is 0 Å². The van der Waals surface area contributed by atoms with Gasteiger partial charge < -0.3 is 9.84 Å². The van der Waals surface area contributed by atoms with Crippen LogP contribution < -0.4 is 0 Å². The molecule has 0 saturated carbocycles. The highest BCUT2D eigenvalue weighted by atomic mass is 79.9. The first-order valence-electron chi connectivity index (χ1n) is 6.69. The number of likely N-dealkylation sites (tertiary alicyclic amines) is 1. The molecule has 1 heterocycles. The molecule has 0 amide bonds. The van der Waals surface area contributed by atoms with E-state index in [2.05, 4.69) is 15.9 Å². The maximum atomic E-state index is 13.9. The number of nitrogens with zero attached hydrogens (tertiary/aromatic N) is 1. The number of hydrogen-bond acceptors (Lipinski definition) is 3. The van der Waals surface area contributed by atoms with Gasteiger partial charge in [0.2, 0.25) is 0 Å². The summed E-state index contributed by atoms with van der Waals surface area (Å²) in [5, 5.41) is 8.71. The van der Waals surface area contributed by atoms with Crippen molar-refractivity contribution in [3.63, 3.8) is 0 Å². The lowest BCUT2D eigenvalue weighted by molar-refractivity contribution is -0.00929. The summed E-state index contributed by atoms with van der Waals surface area (Å²) in [5.74, 6) is -1.03. The van der Waals surface area contributed by atoms with Crippen molar-refractivity contribution in [2.24, 2.45) is 0 Å². The number of halogens is 3. The van der Waals surface area contributed by atoms with Gasteiger partial charge in [-0.3, -0.25) is 4.90 Å². The molecule has 0 atom stereocenters. The number of rotatable bonds is 5. The highest BCUT2D eigenvalue weighted by molar-refractivity contribution is 9.10. The largest absolute Gasteiger partial charge is 0.394 e. The molecule has 0 spiro atoms. The maximum Gasteiger partial charge on any atom is 0.144 e. The SMILES string of the molecule is OCCOC1CCN(Cc2c(F)ccc(Br)c2F)CC1. The molecule has 2 rings (SSSR count). The number of hydrogen-bond donors (Lipinski definition) is 1. The first-order valence-corrected chi connectivity index (χ1v) is 7.48. The third-order valence-corrected chi connectivity index (χ3v) is 4.11. The molecular weight excluding hydrogens is 332 g/mol. The summed E-state index contributed by atoms with van der Waals surface area (Å²) in [4.78, 5) is 2.02. The zero-order valence-electron chi connectivity index (χ0n) is 11.1. The minimum atomic E-state index is -0.524. The summed E-state index contributed by atoms with van der Waals surface area (Å²) in [6.07, 6.45) is 1.77. The van der Waals surface area contributed by atoms with E-state index in [1.165, 1.54) is 12.1 Å². The van der Waals surface area contributed by atoms with Crippen molar-refractivity contribution < 1.29 is 18.6 Å². The Morgan fingerprint density at radius 1 is 1.30 bits per heavy atom. The van der Waals surface area contributed by atoms with Crippen LogP contribution in [0.4, 0.5) is 8.78 Å². The molecule has 1 fully saturated rings. The number of aliphatic hydroxyl groups is 1. The van der Waals surface area contributed by atoms with Gasteiger partial charge in [-0.05, 0) is 40.9 Å². The first kappa shape index (κ1) is 15.8. The lowest BCUT2D eigenvalue weighted by Crippen LogP contribution is -2.37. The van der Waals surface area contributed by atoms with Gasteiger partial charge in [0.1, 0.15) is 11.6 Å². The number of ether oxygens (including phenoxy) is 1. The van der Waals surface area contributed by atoms with Gasteiger partial charge in [0.15, 0.2) is 0 Å². The van der Waals surface area contributed by atoms with Crippen molar-refractivity contribution in [1.82, 2.24) is 4.90 Å². The molecule has 1 aliphatic heterocycles. The van der Waals surface area contributed by atoms with Crippen molar-refractivity contribution in [3.8, 4) is 0 Å². The molecule has 1 saturated heterocycles. The lowest BCUT2D eigenvalue weighted by atomic mass is 10.1. The summed E-state index contributed by atoms with van der Waals surface area (Å²) in [7, 11) is 0. The molecule has 1 aliphatic rings. The van der Waals surface area contributed by atoms with Gasteiger partial charge in [-0.1, -0.05) is 0 Å². The quantitative estimate of drug-likeness (QED) is 0.829. The monoisotopic (exact) mass is 349 g/mol. The molecule has 1 aromatic rings. The van der Waals surface area contributed by atoms with Gasteiger partial charge in [0.05, 0.1) is 23.8 Å². The van der Waals surface area contributed by atoms with Gasteiger partial charge in [-0.2, -0.15) is 0 Å². The Balaban J connectivity index is 1.91. The Morgan fingerprint density at radius 2 is 2.00 bits per heavy atom. The fourth-order valence-corrected chi connectivity index (χ4v) is 2.76. The Labute approximate surface area is 125 Å². The molecule has 6 heteroatoms. The molecule has 1 N–H and O–H groups in total. The standard InChI is InChI=1S/C14H18BrF2NO2/c15-12-1-2-13(16)11(14(12)17)9-18-5-3-10(4-6-18)20-8-7-19/h1-2,10,19H,3-9H2. The maximum absolute atomic E-state index is 13.9. The molecule has 0 aliphatic carbocycles. The van der Waals surface area contributed by atoms with Crippen molar-refractivity contribution in [1.29, 1.82) is 0 Å². The summed E-state index contributed by atoms with van der Waals surface area (Å²) >= 11 is 3.08. The number of benzene rings is 1. The Hall–Kier alpha value is -0.560. The van der Waals surface area contributed by atoms with Crippen LogP contribution in [0.1, 0.15) is 18.4 Å². The van der Waals surface area contributed by atoms with E-state index in [9.17, 15) is 8.78 Å². The summed E-state index contributed by atoms with van der Waals surface area (Å²) < 4.78 is 33.3. The predicted octanol–water partition coefficient (Wildman–Crippen LogP) is 2.70. The normalized spacial score (nSPS) is 17.6. The van der Waals surface area contributed by atoms with Gasteiger partial charge in [0, 0.05) is 25.2 Å². The van der Waals surface area contributed by atoms with Crippen LogP contribution >= 0.6 is 15.9 Å². The second kappa shape index (κ2) is 7.45. The smallest absolute Gasteiger partial charge is 0.144 e. The van der Waals surface area contributed by atoms with E-state index >= 15 is 0 Å². The highest BCUT2D eigenvalue weighted by Gasteiger charge is 2.22. The third-order valence-electron chi connectivity index (χ3n) is 3.50. The van der Waals surface area contributed by atoms with E-state index < -0.39 is 11.6 Å². The molecule has 20 heavy (non-hydrogen) atoms. The molecule has 112 valence electrons. The van der Waals surface area contributed by atoms with Gasteiger partial charge >= 0.3 is 0 Å². The van der Waals surface area contributed by atoms with Gasteiger partial charge in [-0.15, -0.1) is 0 Å². The van der Waals surface area contributed by atoms with Crippen LogP contribution in [-0.2, 0) is 11.3 Å². The number of piperidine rings is 1. The van der Waals surface area contributed by atoms with Crippen molar-refractivity contribution >= 4 is 15.9 Å². The topological polar surface area (TPSA) is 32.7 Å². The molecular formula is C14H18BrF2NO2. The van der Waals surface area contributed by atoms with Crippen LogP contribution in [0.3, 0.4) is 0 Å². The van der Waals surface area contributed by atoms with Crippen molar-refractivity contribution in [2.45, 2.75) is 25.5 Å². The van der Waals surface area contributed by atoms with Crippen molar-refractivity contribution in [3.05, 3.63) is 33.8 Å². The highest BCUT2D eigenvalue weighted by Crippen LogP contribution is 2.24. The second-order valence-corrected chi connectivity index (χ2v) is 5.75. The molecule has 0 aromatic heterocycles. The molecule has 0 radical (unpaired) electrons. The zero-order chi connectivity index (χ0) is 14.5. The van der Waals surface area contributed by atoms with Crippen LogP contribution in [-0.4, -0.2) is 42.4 Å². The number of aliphatic hydroxyl groups excluding tert-OH is 1. The molecule has 3 nitrogen and oxygen atoms in total. The summed E-state index contributed by atoms with van der Waals surface area (Å²) in [6.45, 7) is 2.11. The molecule has 0 bridgehead atoms. The molecule has 1 aromatic carbocycles. The van der Waals surface area contributed by atoms with E-state index in [0.29, 0.717) is 6.61 Å². The van der Waals surface area contributed by atoms with Gasteiger partial charge in [-0.25, -0.2) is 8.78 Å². The fourth-order valence-electron chi connectivity index (χ4n) is 2.39. The van der Waals surface area contributed by atoms with E-state index in [-0.39, 0.29) is 29.3 Å². The van der Waals surface area contributed by atoms with E-state index in [1.807, 2.05) is 4.90 Å². The van der Waals surface area contributed by atoms with Crippen molar-refractivity contribution in [2.75, 3.05) is 26.3 Å². The van der Waals surface area contributed by atoms with E-state index in [0.717, 1.165) is 25.9 Å². The Morgan fingerprint density at radius 3 is 2.65 bits per heavy atom. The predicted molar refractivity (Wildman–Crippen MR) is 75.4 cm³/mol. The van der Waals surface area contributed by atoms with Crippen LogP contribution in [0.15, 0.2) is 16.6 Å². The second-order valence-electron chi connectivity index (χ2n) is 4.89. The minimum absolute atomic E-state index is 0.0225. The summed E-state index contributed by atoms with van der Waals surface area (Å²) in [6, 6.07) is 2.66. The minimum Gasteiger partial charge on any atom is -0.394 e.